The molecule has 0 unspecified atom stereocenters. The van der Waals surface area contributed by atoms with Gasteiger partial charge >= 0.3 is 0 Å². The number of likely N-dealkylation sites (tertiary alicyclic amines) is 1. The van der Waals surface area contributed by atoms with Crippen LogP contribution in [0.4, 0.5) is 0 Å². The van der Waals surface area contributed by atoms with Crippen LogP contribution in [0.1, 0.15) is 18.4 Å². The molecule has 2 heterocycles. The van der Waals surface area contributed by atoms with Crippen molar-refractivity contribution >= 4 is 0 Å². The highest BCUT2D eigenvalue weighted by Gasteiger charge is 2.36. The Morgan fingerprint density at radius 2 is 1.65 bits per heavy atom. The standard InChI is InChI=1S/C18H28N2O3/c1-22-17-5-3-2-4-16(17)18(21)6-8-19(9-7-18)10-11-20-12-14-23-15-13-20/h2-5,21H,6-15H2,1H3. The van der Waals surface area contributed by atoms with Crippen LogP contribution in [0.25, 0.3) is 0 Å². The molecular formula is C18H28N2O3. The van der Waals surface area contributed by atoms with Crippen molar-refractivity contribution in [3.05, 3.63) is 29.8 Å². The smallest absolute Gasteiger partial charge is 0.124 e. The van der Waals surface area contributed by atoms with Crippen molar-refractivity contribution in [3.63, 3.8) is 0 Å². The summed E-state index contributed by atoms with van der Waals surface area (Å²) in [5.41, 5.74) is 0.164. The van der Waals surface area contributed by atoms with Crippen molar-refractivity contribution in [2.24, 2.45) is 0 Å². The molecule has 0 aromatic heterocycles. The number of para-hydroxylation sites is 1. The second-order valence-electron chi connectivity index (χ2n) is 6.53. The molecule has 0 saturated carbocycles. The minimum Gasteiger partial charge on any atom is -0.496 e. The summed E-state index contributed by atoms with van der Waals surface area (Å²) < 4.78 is 10.8. The van der Waals surface area contributed by atoms with Crippen molar-refractivity contribution in [2.75, 3.05) is 59.6 Å². The van der Waals surface area contributed by atoms with E-state index in [2.05, 4.69) is 9.80 Å². The Balaban J connectivity index is 1.52. The quantitative estimate of drug-likeness (QED) is 0.886. The van der Waals surface area contributed by atoms with Gasteiger partial charge in [0.1, 0.15) is 5.75 Å². The van der Waals surface area contributed by atoms with Crippen LogP contribution in [0.15, 0.2) is 24.3 Å². The first kappa shape index (κ1) is 16.7. The lowest BCUT2D eigenvalue weighted by Gasteiger charge is -2.40. The largest absolute Gasteiger partial charge is 0.496 e. The fourth-order valence-electron chi connectivity index (χ4n) is 3.55. The molecule has 23 heavy (non-hydrogen) atoms. The number of benzene rings is 1. The van der Waals surface area contributed by atoms with Gasteiger partial charge in [0.15, 0.2) is 0 Å². The molecular weight excluding hydrogens is 292 g/mol. The van der Waals surface area contributed by atoms with E-state index < -0.39 is 5.60 Å². The fraction of sp³-hybridized carbons (Fsp3) is 0.667. The van der Waals surface area contributed by atoms with Gasteiger partial charge in [0.2, 0.25) is 0 Å². The third-order valence-corrected chi connectivity index (χ3v) is 5.13. The van der Waals surface area contributed by atoms with Crippen molar-refractivity contribution in [3.8, 4) is 5.75 Å². The molecule has 0 amide bonds. The van der Waals surface area contributed by atoms with Crippen LogP contribution < -0.4 is 4.74 Å². The second-order valence-corrected chi connectivity index (χ2v) is 6.53. The van der Waals surface area contributed by atoms with E-state index in [-0.39, 0.29) is 0 Å². The van der Waals surface area contributed by atoms with Crippen LogP contribution in [-0.4, -0.2) is 74.5 Å². The third kappa shape index (κ3) is 4.04. The lowest BCUT2D eigenvalue weighted by molar-refractivity contribution is -0.0311. The molecule has 2 saturated heterocycles. The van der Waals surface area contributed by atoms with Crippen LogP contribution in [0, 0.1) is 0 Å². The summed E-state index contributed by atoms with van der Waals surface area (Å²) in [6, 6.07) is 7.84. The maximum absolute atomic E-state index is 11.1. The number of aliphatic hydroxyl groups is 1. The predicted octanol–water partition coefficient (Wildman–Crippen LogP) is 1.31. The van der Waals surface area contributed by atoms with Crippen LogP contribution in [0.5, 0.6) is 5.75 Å². The Bertz CT molecular complexity index is 495. The van der Waals surface area contributed by atoms with E-state index in [1.165, 1.54) is 0 Å². The molecule has 1 aromatic carbocycles. The number of nitrogens with zero attached hydrogens (tertiary/aromatic N) is 2. The van der Waals surface area contributed by atoms with Crippen molar-refractivity contribution in [1.82, 2.24) is 9.80 Å². The minimum absolute atomic E-state index is 0.760. The van der Waals surface area contributed by atoms with E-state index in [1.807, 2.05) is 24.3 Å². The van der Waals surface area contributed by atoms with E-state index in [0.717, 1.165) is 76.6 Å². The Labute approximate surface area is 138 Å². The molecule has 1 N–H and O–H groups in total. The molecule has 128 valence electrons. The summed E-state index contributed by atoms with van der Waals surface area (Å²) in [6.45, 7) is 7.81. The zero-order valence-electron chi connectivity index (χ0n) is 14.0. The number of morpholine rings is 1. The lowest BCUT2D eigenvalue weighted by atomic mass is 9.84. The van der Waals surface area contributed by atoms with E-state index in [1.54, 1.807) is 7.11 Å². The number of piperidine rings is 1. The molecule has 1 aromatic rings. The maximum Gasteiger partial charge on any atom is 0.124 e. The van der Waals surface area contributed by atoms with Gasteiger partial charge in [-0.1, -0.05) is 18.2 Å². The van der Waals surface area contributed by atoms with Gasteiger partial charge in [-0.25, -0.2) is 0 Å². The first-order valence-corrected chi connectivity index (χ1v) is 8.60. The molecule has 0 spiro atoms. The Hall–Kier alpha value is -1.14. The SMILES string of the molecule is COc1ccccc1C1(O)CCN(CCN2CCOCC2)CC1. The van der Waals surface area contributed by atoms with Crippen LogP contribution in [0.3, 0.4) is 0 Å². The summed E-state index contributed by atoms with van der Waals surface area (Å²) in [5, 5.41) is 11.1. The van der Waals surface area contributed by atoms with Crippen molar-refractivity contribution in [1.29, 1.82) is 0 Å². The normalized spacial score (nSPS) is 22.9. The minimum atomic E-state index is -0.762. The van der Waals surface area contributed by atoms with E-state index in [4.69, 9.17) is 9.47 Å². The van der Waals surface area contributed by atoms with Gasteiger partial charge in [0.25, 0.3) is 0 Å². The Morgan fingerprint density at radius 3 is 2.30 bits per heavy atom. The van der Waals surface area contributed by atoms with Crippen molar-refractivity contribution < 1.29 is 14.6 Å². The lowest BCUT2D eigenvalue weighted by Crippen LogP contribution is -2.46. The Morgan fingerprint density at radius 1 is 1.04 bits per heavy atom. The highest BCUT2D eigenvalue weighted by molar-refractivity contribution is 5.38. The molecule has 5 nitrogen and oxygen atoms in total. The van der Waals surface area contributed by atoms with E-state index >= 15 is 0 Å². The number of hydrogen-bond donors (Lipinski definition) is 1. The number of rotatable bonds is 5. The van der Waals surface area contributed by atoms with E-state index in [9.17, 15) is 5.11 Å². The first-order chi connectivity index (χ1) is 11.2. The first-order valence-electron chi connectivity index (χ1n) is 8.60. The fourth-order valence-corrected chi connectivity index (χ4v) is 3.55. The van der Waals surface area contributed by atoms with Gasteiger partial charge in [0, 0.05) is 44.8 Å². The van der Waals surface area contributed by atoms with Crippen molar-refractivity contribution in [2.45, 2.75) is 18.4 Å². The van der Waals surface area contributed by atoms with Gasteiger partial charge in [0.05, 0.1) is 25.9 Å². The molecule has 2 fully saturated rings. The topological polar surface area (TPSA) is 45.2 Å². The Kier molecular flexibility index (Phi) is 5.54. The number of methoxy groups -OCH3 is 1. The van der Waals surface area contributed by atoms with Gasteiger partial charge in [-0.2, -0.15) is 0 Å². The molecule has 0 bridgehead atoms. The maximum atomic E-state index is 11.1. The number of ether oxygens (including phenoxy) is 2. The average molecular weight is 320 g/mol. The molecule has 0 radical (unpaired) electrons. The van der Waals surface area contributed by atoms with Gasteiger partial charge in [-0.05, 0) is 18.9 Å². The molecule has 0 atom stereocenters. The summed E-state index contributed by atoms with van der Waals surface area (Å²) in [6.07, 6.45) is 1.52. The zero-order chi connectivity index (χ0) is 16.1. The number of hydrogen-bond acceptors (Lipinski definition) is 5. The summed E-state index contributed by atoms with van der Waals surface area (Å²) in [7, 11) is 1.67. The summed E-state index contributed by atoms with van der Waals surface area (Å²) >= 11 is 0. The van der Waals surface area contributed by atoms with Crippen LogP contribution in [0.2, 0.25) is 0 Å². The molecule has 2 aliphatic heterocycles. The highest BCUT2D eigenvalue weighted by atomic mass is 16.5. The summed E-state index contributed by atoms with van der Waals surface area (Å²) in [5.74, 6) is 0.789. The monoisotopic (exact) mass is 320 g/mol. The van der Waals surface area contributed by atoms with Gasteiger partial charge in [-0.3, -0.25) is 4.90 Å². The summed E-state index contributed by atoms with van der Waals surface area (Å²) in [4.78, 5) is 4.92. The third-order valence-electron chi connectivity index (χ3n) is 5.13. The zero-order valence-corrected chi connectivity index (χ0v) is 14.0. The van der Waals surface area contributed by atoms with Gasteiger partial charge in [-0.15, -0.1) is 0 Å². The predicted molar refractivity (Wildman–Crippen MR) is 89.8 cm³/mol. The highest BCUT2D eigenvalue weighted by Crippen LogP contribution is 2.37. The average Bonchev–Trinajstić information content (AvgIpc) is 2.62. The van der Waals surface area contributed by atoms with Crippen LogP contribution >= 0.6 is 0 Å². The van der Waals surface area contributed by atoms with E-state index in [0.29, 0.717) is 0 Å². The molecule has 0 aliphatic carbocycles. The second kappa shape index (κ2) is 7.62. The van der Waals surface area contributed by atoms with Crippen LogP contribution in [-0.2, 0) is 10.3 Å². The molecule has 5 heteroatoms. The van der Waals surface area contributed by atoms with Gasteiger partial charge < -0.3 is 19.5 Å². The molecule has 3 rings (SSSR count). The molecule has 2 aliphatic rings.